The van der Waals surface area contributed by atoms with Gasteiger partial charge in [0.15, 0.2) is 0 Å². The Morgan fingerprint density at radius 3 is 2.62 bits per heavy atom. The van der Waals surface area contributed by atoms with Crippen molar-refractivity contribution in [3.05, 3.63) is 71.9 Å². The van der Waals surface area contributed by atoms with Crippen molar-refractivity contribution in [1.82, 2.24) is 9.97 Å². The first-order valence-electron chi connectivity index (χ1n) is 9.93. The van der Waals surface area contributed by atoms with Crippen LogP contribution in [-0.4, -0.2) is 16.6 Å². The van der Waals surface area contributed by atoms with Gasteiger partial charge in [-0.2, -0.15) is 5.26 Å². The van der Waals surface area contributed by atoms with Crippen molar-refractivity contribution in [2.24, 2.45) is 5.92 Å². The summed E-state index contributed by atoms with van der Waals surface area (Å²) >= 11 is 0. The second-order valence-corrected chi connectivity index (χ2v) is 7.75. The van der Waals surface area contributed by atoms with Crippen LogP contribution in [0.25, 0.3) is 33.4 Å². The molecule has 1 fully saturated rings. The fourth-order valence-corrected chi connectivity index (χ4v) is 3.57. The molecule has 0 saturated heterocycles. The highest BCUT2D eigenvalue weighted by Crippen LogP contribution is 2.34. The number of benzene rings is 2. The van der Waals surface area contributed by atoms with Crippen LogP contribution >= 0.6 is 0 Å². The molecule has 29 heavy (non-hydrogen) atoms. The zero-order chi connectivity index (χ0) is 19.8. The molecule has 1 saturated carbocycles. The molecule has 0 bridgehead atoms. The molecule has 1 aliphatic carbocycles. The molecule has 2 aromatic heterocycles. The van der Waals surface area contributed by atoms with Crippen LogP contribution in [0.3, 0.4) is 0 Å². The minimum absolute atomic E-state index is 0.572. The van der Waals surface area contributed by atoms with Crippen LogP contribution in [0, 0.1) is 24.2 Å². The van der Waals surface area contributed by atoms with Gasteiger partial charge in [-0.05, 0) is 66.6 Å². The second kappa shape index (κ2) is 7.10. The molecule has 4 aromatic rings. The Balaban J connectivity index is 1.54. The van der Waals surface area contributed by atoms with Crippen LogP contribution in [0.2, 0.25) is 0 Å². The number of rotatable bonds is 5. The maximum absolute atomic E-state index is 9.61. The van der Waals surface area contributed by atoms with Gasteiger partial charge >= 0.3 is 0 Å². The highest BCUT2D eigenvalue weighted by molar-refractivity contribution is 5.96. The number of pyridine rings is 1. The third-order valence-corrected chi connectivity index (χ3v) is 5.48. The van der Waals surface area contributed by atoms with Gasteiger partial charge in [0.1, 0.15) is 17.5 Å². The molecule has 1 aliphatic rings. The number of aromatic amines is 1. The van der Waals surface area contributed by atoms with Crippen molar-refractivity contribution in [3.8, 4) is 34.2 Å². The molecular weight excluding hydrogens is 358 g/mol. The van der Waals surface area contributed by atoms with E-state index in [1.165, 1.54) is 18.4 Å². The molecule has 0 unspecified atom stereocenters. The third-order valence-electron chi connectivity index (χ3n) is 5.48. The van der Waals surface area contributed by atoms with Gasteiger partial charge in [0, 0.05) is 17.3 Å². The normalized spacial score (nSPS) is 13.4. The summed E-state index contributed by atoms with van der Waals surface area (Å²) in [7, 11) is 0. The van der Waals surface area contributed by atoms with E-state index in [2.05, 4.69) is 53.3 Å². The Hall–Kier alpha value is -3.58. The van der Waals surface area contributed by atoms with Gasteiger partial charge in [0.2, 0.25) is 0 Å². The second-order valence-electron chi connectivity index (χ2n) is 7.75. The van der Waals surface area contributed by atoms with E-state index in [0.29, 0.717) is 23.8 Å². The third kappa shape index (κ3) is 3.48. The quantitative estimate of drug-likeness (QED) is 0.472. The minimum Gasteiger partial charge on any atom is -0.492 e. The van der Waals surface area contributed by atoms with Crippen molar-refractivity contribution >= 4 is 11.0 Å². The summed E-state index contributed by atoms with van der Waals surface area (Å²) in [5.41, 5.74) is 6.84. The highest BCUT2D eigenvalue weighted by atomic mass is 16.5. The van der Waals surface area contributed by atoms with Gasteiger partial charge in [0.25, 0.3) is 0 Å². The topological polar surface area (TPSA) is 61.7 Å². The zero-order valence-electron chi connectivity index (χ0n) is 16.3. The molecule has 0 aliphatic heterocycles. The number of nitriles is 1. The van der Waals surface area contributed by atoms with Gasteiger partial charge < -0.3 is 9.72 Å². The van der Waals surface area contributed by atoms with Crippen LogP contribution in [0.1, 0.15) is 24.0 Å². The van der Waals surface area contributed by atoms with Gasteiger partial charge in [-0.25, -0.2) is 4.98 Å². The monoisotopic (exact) mass is 379 g/mol. The average molecular weight is 379 g/mol. The fourth-order valence-electron chi connectivity index (χ4n) is 3.57. The number of aryl methyl sites for hydroxylation is 1. The number of hydrogen-bond acceptors (Lipinski definition) is 3. The summed E-state index contributed by atoms with van der Waals surface area (Å²) in [6.45, 7) is 2.78. The first-order chi connectivity index (χ1) is 14.2. The van der Waals surface area contributed by atoms with Crippen molar-refractivity contribution in [2.75, 3.05) is 6.61 Å². The van der Waals surface area contributed by atoms with Gasteiger partial charge in [-0.1, -0.05) is 35.9 Å². The molecular formula is C25H21N3O. The molecule has 0 amide bonds. The Bertz CT molecular complexity index is 1230. The number of aromatic nitrogens is 2. The van der Waals surface area contributed by atoms with Gasteiger partial charge in [-0.3, -0.25) is 0 Å². The SMILES string of the molecule is Cc1ccc(-c2cc3c(-c4ccc(OCC5CC5)c(C#N)c4)ccnc3[nH]2)cc1. The van der Waals surface area contributed by atoms with Crippen LogP contribution in [0.5, 0.6) is 5.75 Å². The molecule has 4 nitrogen and oxygen atoms in total. The Labute approximate surface area is 169 Å². The van der Waals surface area contributed by atoms with Crippen molar-refractivity contribution in [2.45, 2.75) is 19.8 Å². The van der Waals surface area contributed by atoms with Crippen molar-refractivity contribution in [1.29, 1.82) is 5.26 Å². The first-order valence-corrected chi connectivity index (χ1v) is 9.93. The number of hydrogen-bond donors (Lipinski definition) is 1. The van der Waals surface area contributed by atoms with E-state index in [0.717, 1.165) is 33.4 Å². The van der Waals surface area contributed by atoms with Crippen LogP contribution in [0.4, 0.5) is 0 Å². The van der Waals surface area contributed by atoms with Gasteiger partial charge in [-0.15, -0.1) is 0 Å². The first kappa shape index (κ1) is 17.5. The summed E-state index contributed by atoms with van der Waals surface area (Å²) in [5.74, 6) is 1.32. The standard InChI is InChI=1S/C25H21N3O/c1-16-2-6-18(7-3-16)23-13-22-21(10-11-27-25(22)28-23)19-8-9-24(20(12-19)14-26)29-15-17-4-5-17/h2-3,6-13,17H,4-5,15H2,1H3,(H,27,28). The van der Waals surface area contributed by atoms with Crippen LogP contribution in [0.15, 0.2) is 60.8 Å². The van der Waals surface area contributed by atoms with E-state index in [1.54, 1.807) is 6.20 Å². The predicted octanol–water partition coefficient (Wildman–Crippen LogP) is 5.87. The molecule has 0 atom stereocenters. The van der Waals surface area contributed by atoms with E-state index in [-0.39, 0.29) is 0 Å². The summed E-state index contributed by atoms with van der Waals surface area (Å²) in [4.78, 5) is 7.92. The minimum atomic E-state index is 0.572. The molecule has 2 heterocycles. The lowest BCUT2D eigenvalue weighted by atomic mass is 10.0. The lowest BCUT2D eigenvalue weighted by molar-refractivity contribution is 0.299. The summed E-state index contributed by atoms with van der Waals surface area (Å²) < 4.78 is 5.86. The molecule has 1 N–H and O–H groups in total. The van der Waals surface area contributed by atoms with E-state index in [4.69, 9.17) is 4.74 Å². The number of nitrogens with one attached hydrogen (secondary N) is 1. The molecule has 4 heteroatoms. The molecule has 5 rings (SSSR count). The smallest absolute Gasteiger partial charge is 0.138 e. The molecule has 0 spiro atoms. The fraction of sp³-hybridized carbons (Fsp3) is 0.200. The Morgan fingerprint density at radius 2 is 1.86 bits per heavy atom. The maximum Gasteiger partial charge on any atom is 0.138 e. The summed E-state index contributed by atoms with van der Waals surface area (Å²) in [6.07, 6.45) is 4.26. The van der Waals surface area contributed by atoms with Gasteiger partial charge in [0.05, 0.1) is 12.2 Å². The number of H-pyrrole nitrogens is 1. The molecule has 142 valence electrons. The predicted molar refractivity (Wildman–Crippen MR) is 115 cm³/mol. The number of ether oxygens (including phenoxy) is 1. The van der Waals surface area contributed by atoms with Crippen molar-refractivity contribution in [3.63, 3.8) is 0 Å². The zero-order valence-corrected chi connectivity index (χ0v) is 16.3. The van der Waals surface area contributed by atoms with E-state index >= 15 is 0 Å². The molecule has 2 aromatic carbocycles. The number of nitrogens with zero attached hydrogens (tertiary/aromatic N) is 2. The van der Waals surface area contributed by atoms with Crippen LogP contribution < -0.4 is 4.74 Å². The van der Waals surface area contributed by atoms with E-state index in [1.807, 2.05) is 24.3 Å². The Kier molecular flexibility index (Phi) is 4.29. The summed E-state index contributed by atoms with van der Waals surface area (Å²) in [6, 6.07) is 20.7. The largest absolute Gasteiger partial charge is 0.492 e. The summed E-state index contributed by atoms with van der Waals surface area (Å²) in [5, 5.41) is 10.7. The van der Waals surface area contributed by atoms with Crippen molar-refractivity contribution < 1.29 is 4.74 Å². The maximum atomic E-state index is 9.61. The molecule has 0 radical (unpaired) electrons. The lowest BCUT2D eigenvalue weighted by Crippen LogP contribution is -2.00. The van der Waals surface area contributed by atoms with Crippen LogP contribution in [-0.2, 0) is 0 Å². The van der Waals surface area contributed by atoms with E-state index < -0.39 is 0 Å². The lowest BCUT2D eigenvalue weighted by Gasteiger charge is -2.09. The van der Waals surface area contributed by atoms with E-state index in [9.17, 15) is 5.26 Å². The number of fused-ring (bicyclic) bond motifs is 1. The highest BCUT2D eigenvalue weighted by Gasteiger charge is 2.22. The Morgan fingerprint density at radius 1 is 1.07 bits per heavy atom. The average Bonchev–Trinajstić information content (AvgIpc) is 3.48.